The van der Waals surface area contributed by atoms with Crippen molar-refractivity contribution in [2.45, 2.75) is 39.3 Å². The highest BCUT2D eigenvalue weighted by Gasteiger charge is 2.36. The first-order valence-electron chi connectivity index (χ1n) is 9.30. The lowest BCUT2D eigenvalue weighted by atomic mass is 9.84. The van der Waals surface area contributed by atoms with Crippen LogP contribution in [0.4, 0.5) is 0 Å². The van der Waals surface area contributed by atoms with E-state index in [1.54, 1.807) is 0 Å². The van der Waals surface area contributed by atoms with Crippen LogP contribution in [0, 0.1) is 12.8 Å². The van der Waals surface area contributed by atoms with Crippen molar-refractivity contribution in [3.63, 3.8) is 0 Å². The number of rotatable bonds is 3. The minimum atomic E-state index is 0.234. The molecule has 0 saturated heterocycles. The molecule has 0 atom stereocenters. The summed E-state index contributed by atoms with van der Waals surface area (Å²) in [6.07, 6.45) is 7.35. The molecule has 1 fully saturated rings. The van der Waals surface area contributed by atoms with Crippen LogP contribution in [-0.2, 0) is 17.9 Å². The summed E-state index contributed by atoms with van der Waals surface area (Å²) in [7, 11) is 0. The maximum Gasteiger partial charge on any atom is 0.226 e. The molecule has 0 bridgehead atoms. The third-order valence-corrected chi connectivity index (χ3v) is 5.59. The van der Waals surface area contributed by atoms with Crippen LogP contribution in [0.1, 0.15) is 36.1 Å². The molecule has 1 aromatic carbocycles. The fourth-order valence-corrected chi connectivity index (χ4v) is 3.95. The number of amides is 1. The summed E-state index contributed by atoms with van der Waals surface area (Å²) in [5, 5.41) is 4.90. The molecule has 0 radical (unpaired) electrons. The maximum absolute atomic E-state index is 12.7. The molecule has 26 heavy (non-hydrogen) atoms. The van der Waals surface area contributed by atoms with Gasteiger partial charge in [0.05, 0.1) is 24.5 Å². The van der Waals surface area contributed by atoms with E-state index in [2.05, 4.69) is 35.8 Å². The van der Waals surface area contributed by atoms with Crippen LogP contribution in [0.2, 0.25) is 0 Å². The molecule has 5 nitrogen and oxygen atoms in total. The van der Waals surface area contributed by atoms with Gasteiger partial charge in [0.25, 0.3) is 0 Å². The van der Waals surface area contributed by atoms with Crippen molar-refractivity contribution >= 4 is 5.91 Å². The number of fused-ring (bicyclic) bond motifs is 1. The zero-order valence-electron chi connectivity index (χ0n) is 14.9. The summed E-state index contributed by atoms with van der Waals surface area (Å²) in [6.45, 7) is 3.37. The Bertz CT molecular complexity index is 966. The average molecular weight is 346 g/mol. The van der Waals surface area contributed by atoms with Crippen LogP contribution < -0.4 is 0 Å². The Kier molecular flexibility index (Phi) is 3.48. The summed E-state index contributed by atoms with van der Waals surface area (Å²) < 4.78 is 4.12. The van der Waals surface area contributed by atoms with E-state index in [0.717, 1.165) is 35.6 Å². The first-order chi connectivity index (χ1) is 12.7. The zero-order valence-corrected chi connectivity index (χ0v) is 14.9. The molecular weight excluding hydrogens is 324 g/mol. The number of carbonyl (C=O) groups excluding carboxylic acids is 1. The van der Waals surface area contributed by atoms with Gasteiger partial charge in [-0.05, 0) is 49.6 Å². The number of benzene rings is 1. The third-order valence-electron chi connectivity index (χ3n) is 5.59. The molecule has 1 aliphatic carbocycles. The highest BCUT2D eigenvalue weighted by Crippen LogP contribution is 2.34. The van der Waals surface area contributed by atoms with E-state index < -0.39 is 0 Å². The smallest absolute Gasteiger partial charge is 0.226 e. The minimum absolute atomic E-state index is 0.234. The van der Waals surface area contributed by atoms with Crippen molar-refractivity contribution in [1.82, 2.24) is 19.2 Å². The fraction of sp³-hybridized carbons (Fsp3) is 0.333. The van der Waals surface area contributed by atoms with E-state index in [-0.39, 0.29) is 5.92 Å². The molecule has 0 N–H and O–H groups in total. The largest absolute Gasteiger partial charge is 0.332 e. The van der Waals surface area contributed by atoms with Crippen molar-refractivity contribution < 1.29 is 4.79 Å². The monoisotopic (exact) mass is 346 g/mol. The van der Waals surface area contributed by atoms with E-state index in [4.69, 9.17) is 5.10 Å². The Balaban J connectivity index is 1.57. The maximum atomic E-state index is 12.7. The fourth-order valence-electron chi connectivity index (χ4n) is 3.95. The van der Waals surface area contributed by atoms with Gasteiger partial charge in [-0.25, -0.2) is 4.68 Å². The normalized spacial score (nSPS) is 16.6. The van der Waals surface area contributed by atoms with Gasteiger partial charge < -0.3 is 9.47 Å². The van der Waals surface area contributed by atoms with Crippen molar-refractivity contribution in [3.8, 4) is 11.5 Å². The highest BCUT2D eigenvalue weighted by molar-refractivity contribution is 5.80. The van der Waals surface area contributed by atoms with Gasteiger partial charge in [0.1, 0.15) is 5.82 Å². The zero-order chi connectivity index (χ0) is 17.7. The Morgan fingerprint density at radius 1 is 1.12 bits per heavy atom. The first-order valence-corrected chi connectivity index (χ1v) is 9.30. The SMILES string of the molecule is Cc1cccc(-n2nc3c(c2-n2cccc2)CN(C(=O)C2CCC2)C3)c1. The molecule has 1 aliphatic heterocycles. The van der Waals surface area contributed by atoms with Crippen LogP contribution in [0.3, 0.4) is 0 Å². The summed E-state index contributed by atoms with van der Waals surface area (Å²) in [4.78, 5) is 14.7. The number of hydrogen-bond acceptors (Lipinski definition) is 2. The summed E-state index contributed by atoms with van der Waals surface area (Å²) in [5.74, 6) is 1.58. The van der Waals surface area contributed by atoms with Gasteiger partial charge in [-0.1, -0.05) is 18.6 Å². The third kappa shape index (κ3) is 2.38. The number of carbonyl (C=O) groups is 1. The van der Waals surface area contributed by atoms with E-state index >= 15 is 0 Å². The Labute approximate surface area is 152 Å². The molecule has 0 unspecified atom stereocenters. The minimum Gasteiger partial charge on any atom is -0.332 e. The predicted octanol–water partition coefficient (Wildman–Crippen LogP) is 3.61. The summed E-state index contributed by atoms with van der Waals surface area (Å²) >= 11 is 0. The lowest BCUT2D eigenvalue weighted by Gasteiger charge is -2.29. The molecule has 2 aliphatic rings. The van der Waals surface area contributed by atoms with Gasteiger partial charge in [-0.2, -0.15) is 5.10 Å². The van der Waals surface area contributed by atoms with E-state index in [0.29, 0.717) is 19.0 Å². The standard InChI is InChI=1S/C21H22N4O/c1-15-6-4-9-17(12-15)25-20(23-10-2-3-11-23)18-13-24(14-19(18)22-25)21(26)16-7-5-8-16/h2-4,6,9-12,16H,5,7-8,13-14H2,1H3. The predicted molar refractivity (Wildman–Crippen MR) is 99.2 cm³/mol. The van der Waals surface area contributed by atoms with E-state index in [1.807, 2.05) is 34.1 Å². The van der Waals surface area contributed by atoms with Crippen LogP contribution >= 0.6 is 0 Å². The van der Waals surface area contributed by atoms with Crippen molar-refractivity contribution in [3.05, 3.63) is 65.6 Å². The topological polar surface area (TPSA) is 43.1 Å². The average Bonchev–Trinajstić information content (AvgIpc) is 3.28. The Morgan fingerprint density at radius 2 is 1.92 bits per heavy atom. The van der Waals surface area contributed by atoms with Crippen molar-refractivity contribution in [1.29, 1.82) is 0 Å². The molecule has 3 aromatic rings. The lowest BCUT2D eigenvalue weighted by Crippen LogP contribution is -2.35. The van der Waals surface area contributed by atoms with Crippen LogP contribution in [0.25, 0.3) is 11.5 Å². The molecule has 3 heterocycles. The van der Waals surface area contributed by atoms with E-state index in [1.165, 1.54) is 12.0 Å². The van der Waals surface area contributed by atoms with Gasteiger partial charge >= 0.3 is 0 Å². The molecular formula is C21H22N4O. The molecule has 1 saturated carbocycles. The van der Waals surface area contributed by atoms with Gasteiger partial charge in [0.2, 0.25) is 5.91 Å². The van der Waals surface area contributed by atoms with Crippen LogP contribution in [0.15, 0.2) is 48.8 Å². The van der Waals surface area contributed by atoms with E-state index in [9.17, 15) is 4.79 Å². The Hall–Kier alpha value is -2.82. The second kappa shape index (κ2) is 5.87. The van der Waals surface area contributed by atoms with Gasteiger partial charge in [0.15, 0.2) is 0 Å². The quantitative estimate of drug-likeness (QED) is 0.727. The summed E-state index contributed by atoms with van der Waals surface area (Å²) in [5.41, 5.74) is 4.44. The number of aromatic nitrogens is 3. The van der Waals surface area contributed by atoms with Crippen molar-refractivity contribution in [2.24, 2.45) is 5.92 Å². The van der Waals surface area contributed by atoms with Gasteiger partial charge in [0, 0.05) is 23.9 Å². The molecule has 0 spiro atoms. The number of aryl methyl sites for hydroxylation is 1. The molecule has 5 rings (SSSR count). The Morgan fingerprint density at radius 3 is 2.62 bits per heavy atom. The van der Waals surface area contributed by atoms with Gasteiger partial charge in [-0.15, -0.1) is 0 Å². The van der Waals surface area contributed by atoms with Crippen molar-refractivity contribution in [2.75, 3.05) is 0 Å². The molecule has 5 heteroatoms. The molecule has 1 amide bonds. The lowest BCUT2D eigenvalue weighted by molar-refractivity contribution is -0.138. The van der Waals surface area contributed by atoms with Gasteiger partial charge in [-0.3, -0.25) is 4.79 Å². The van der Waals surface area contributed by atoms with Crippen LogP contribution in [-0.4, -0.2) is 25.2 Å². The molecule has 2 aromatic heterocycles. The first kappa shape index (κ1) is 15.4. The highest BCUT2D eigenvalue weighted by atomic mass is 16.2. The molecule has 132 valence electrons. The second-order valence-corrected chi connectivity index (χ2v) is 7.41. The number of nitrogens with zero attached hydrogens (tertiary/aromatic N) is 4. The van der Waals surface area contributed by atoms with Crippen LogP contribution in [0.5, 0.6) is 0 Å². The number of hydrogen-bond donors (Lipinski definition) is 0. The summed E-state index contributed by atoms with van der Waals surface area (Å²) in [6, 6.07) is 12.4. The second-order valence-electron chi connectivity index (χ2n) is 7.41.